The molecule has 0 unspecified atom stereocenters. The molecule has 2 amide bonds. The Labute approximate surface area is 107 Å². The van der Waals surface area contributed by atoms with Crippen molar-refractivity contribution in [1.29, 1.82) is 5.26 Å². The Morgan fingerprint density at radius 3 is 2.78 bits per heavy atom. The van der Waals surface area contributed by atoms with Crippen LogP contribution in [0.1, 0.15) is 33.1 Å². The summed E-state index contributed by atoms with van der Waals surface area (Å²) in [6.45, 7) is 5.02. The van der Waals surface area contributed by atoms with E-state index in [1.165, 1.54) is 0 Å². The summed E-state index contributed by atoms with van der Waals surface area (Å²) in [6.07, 6.45) is 0.961. The fraction of sp³-hybridized carbons (Fsp3) is 0.667. The van der Waals surface area contributed by atoms with E-state index in [1.807, 2.05) is 19.9 Å². The largest absolute Gasteiger partial charge is 0.336 e. The SMILES string of the molecule is CC(C)CN(CCC#N)C(=O)C1=NNC(=O)CC1. The van der Waals surface area contributed by atoms with Gasteiger partial charge in [-0.05, 0) is 5.92 Å². The number of nitriles is 1. The van der Waals surface area contributed by atoms with Crippen molar-refractivity contribution in [3.63, 3.8) is 0 Å². The maximum atomic E-state index is 12.2. The average molecular weight is 250 g/mol. The first-order valence-electron chi connectivity index (χ1n) is 6.06. The molecule has 1 aliphatic heterocycles. The molecule has 0 radical (unpaired) electrons. The van der Waals surface area contributed by atoms with E-state index >= 15 is 0 Å². The predicted molar refractivity (Wildman–Crippen MR) is 66.5 cm³/mol. The second kappa shape index (κ2) is 6.74. The van der Waals surface area contributed by atoms with Crippen LogP contribution in [0.5, 0.6) is 0 Å². The Morgan fingerprint density at radius 1 is 1.56 bits per heavy atom. The number of amides is 2. The average Bonchev–Trinajstić information content (AvgIpc) is 2.34. The molecule has 1 rings (SSSR count). The summed E-state index contributed by atoms with van der Waals surface area (Å²) in [5, 5.41) is 12.4. The van der Waals surface area contributed by atoms with Gasteiger partial charge < -0.3 is 4.90 Å². The van der Waals surface area contributed by atoms with E-state index in [2.05, 4.69) is 10.5 Å². The minimum Gasteiger partial charge on any atom is -0.336 e. The van der Waals surface area contributed by atoms with Gasteiger partial charge in [0.1, 0.15) is 5.71 Å². The first kappa shape index (κ1) is 14.2. The second-order valence-corrected chi connectivity index (χ2v) is 4.65. The van der Waals surface area contributed by atoms with Gasteiger partial charge in [0.2, 0.25) is 5.91 Å². The molecule has 6 heteroatoms. The van der Waals surface area contributed by atoms with Crippen molar-refractivity contribution in [3.8, 4) is 6.07 Å². The zero-order chi connectivity index (χ0) is 13.5. The lowest BCUT2D eigenvalue weighted by molar-refractivity contribution is -0.125. The molecule has 6 nitrogen and oxygen atoms in total. The first-order valence-corrected chi connectivity index (χ1v) is 6.06. The van der Waals surface area contributed by atoms with Crippen molar-refractivity contribution in [2.75, 3.05) is 13.1 Å². The third-order valence-electron chi connectivity index (χ3n) is 2.52. The fourth-order valence-electron chi connectivity index (χ4n) is 1.71. The number of carbonyl (C=O) groups excluding carboxylic acids is 2. The van der Waals surface area contributed by atoms with Crippen LogP contribution in [0.3, 0.4) is 0 Å². The van der Waals surface area contributed by atoms with Crippen LogP contribution < -0.4 is 5.43 Å². The molecule has 0 aromatic heterocycles. The number of hydrogen-bond donors (Lipinski definition) is 1. The van der Waals surface area contributed by atoms with Gasteiger partial charge in [-0.3, -0.25) is 9.59 Å². The molecule has 1 N–H and O–H groups in total. The summed E-state index contributed by atoms with van der Waals surface area (Å²) >= 11 is 0. The third kappa shape index (κ3) is 4.17. The summed E-state index contributed by atoms with van der Waals surface area (Å²) in [7, 11) is 0. The van der Waals surface area contributed by atoms with Gasteiger partial charge in [0.05, 0.1) is 12.5 Å². The molecule has 0 saturated heterocycles. The van der Waals surface area contributed by atoms with Crippen molar-refractivity contribution in [2.24, 2.45) is 11.0 Å². The Bertz CT molecular complexity index is 395. The lowest BCUT2D eigenvalue weighted by Gasteiger charge is -2.25. The minimum absolute atomic E-state index is 0.168. The molecule has 98 valence electrons. The third-order valence-corrected chi connectivity index (χ3v) is 2.52. The Kier molecular flexibility index (Phi) is 5.31. The van der Waals surface area contributed by atoms with E-state index in [4.69, 9.17) is 5.26 Å². The van der Waals surface area contributed by atoms with Crippen molar-refractivity contribution in [2.45, 2.75) is 33.1 Å². The molecule has 0 spiro atoms. The van der Waals surface area contributed by atoms with Crippen molar-refractivity contribution in [1.82, 2.24) is 10.3 Å². The topological polar surface area (TPSA) is 85.6 Å². The van der Waals surface area contributed by atoms with Crippen LogP contribution in [0.25, 0.3) is 0 Å². The van der Waals surface area contributed by atoms with E-state index < -0.39 is 0 Å². The summed E-state index contributed by atoms with van der Waals surface area (Å²) in [6, 6.07) is 2.03. The van der Waals surface area contributed by atoms with E-state index in [-0.39, 0.29) is 11.8 Å². The number of nitrogens with zero attached hydrogens (tertiary/aromatic N) is 3. The normalized spacial score (nSPS) is 14.8. The van der Waals surface area contributed by atoms with Gasteiger partial charge in [-0.15, -0.1) is 0 Å². The Morgan fingerprint density at radius 2 is 2.28 bits per heavy atom. The van der Waals surface area contributed by atoms with Crippen LogP contribution in [0.2, 0.25) is 0 Å². The highest BCUT2D eigenvalue weighted by atomic mass is 16.2. The van der Waals surface area contributed by atoms with Gasteiger partial charge in [-0.2, -0.15) is 10.4 Å². The number of hydrazone groups is 1. The summed E-state index contributed by atoms with van der Waals surface area (Å²) in [4.78, 5) is 24.8. The molecule has 0 aromatic rings. The smallest absolute Gasteiger partial charge is 0.270 e. The molecule has 0 aliphatic carbocycles. The molecule has 1 aliphatic rings. The maximum Gasteiger partial charge on any atom is 0.270 e. The minimum atomic E-state index is -0.182. The lowest BCUT2D eigenvalue weighted by Crippen LogP contribution is -2.42. The quantitative estimate of drug-likeness (QED) is 0.777. The first-order chi connectivity index (χ1) is 8.54. The van der Waals surface area contributed by atoms with Gasteiger partial charge >= 0.3 is 0 Å². The summed E-state index contributed by atoms with van der Waals surface area (Å²) in [5.41, 5.74) is 2.68. The monoisotopic (exact) mass is 250 g/mol. The molecule has 0 aromatic carbocycles. The number of rotatable bonds is 5. The Balaban J connectivity index is 2.69. The predicted octanol–water partition coefficient (Wildman–Crippen LogP) is 0.651. The van der Waals surface area contributed by atoms with E-state index in [9.17, 15) is 9.59 Å². The second-order valence-electron chi connectivity index (χ2n) is 4.65. The van der Waals surface area contributed by atoms with E-state index in [0.29, 0.717) is 44.0 Å². The van der Waals surface area contributed by atoms with Gasteiger partial charge in [-0.1, -0.05) is 13.8 Å². The maximum absolute atomic E-state index is 12.2. The van der Waals surface area contributed by atoms with Gasteiger partial charge in [-0.25, -0.2) is 5.43 Å². The lowest BCUT2D eigenvalue weighted by atomic mass is 10.1. The molecule has 0 fully saturated rings. The van der Waals surface area contributed by atoms with E-state index in [1.54, 1.807) is 4.90 Å². The molecular formula is C12H18N4O2. The van der Waals surface area contributed by atoms with Gasteiger partial charge in [0.15, 0.2) is 0 Å². The van der Waals surface area contributed by atoms with Crippen LogP contribution in [0.15, 0.2) is 5.10 Å². The van der Waals surface area contributed by atoms with E-state index in [0.717, 1.165) is 0 Å². The molecule has 0 bridgehead atoms. The van der Waals surface area contributed by atoms with Crippen LogP contribution in [-0.4, -0.2) is 35.5 Å². The Hall–Kier alpha value is -1.90. The highest BCUT2D eigenvalue weighted by Crippen LogP contribution is 2.07. The van der Waals surface area contributed by atoms with Crippen molar-refractivity contribution >= 4 is 17.5 Å². The molecule has 0 saturated carbocycles. The summed E-state index contributed by atoms with van der Waals surface area (Å²) < 4.78 is 0. The molecule has 1 heterocycles. The fourth-order valence-corrected chi connectivity index (χ4v) is 1.71. The van der Waals surface area contributed by atoms with Crippen molar-refractivity contribution < 1.29 is 9.59 Å². The molecule has 0 atom stereocenters. The highest BCUT2D eigenvalue weighted by Gasteiger charge is 2.23. The summed E-state index contributed by atoms with van der Waals surface area (Å²) in [5.74, 6) is -0.0237. The number of carbonyl (C=O) groups is 2. The molecule has 18 heavy (non-hydrogen) atoms. The van der Waals surface area contributed by atoms with Crippen LogP contribution in [0.4, 0.5) is 0 Å². The highest BCUT2D eigenvalue weighted by molar-refractivity contribution is 6.39. The van der Waals surface area contributed by atoms with Crippen molar-refractivity contribution in [3.05, 3.63) is 0 Å². The molecular weight excluding hydrogens is 232 g/mol. The van der Waals surface area contributed by atoms with Crippen LogP contribution in [0, 0.1) is 17.2 Å². The van der Waals surface area contributed by atoms with Crippen LogP contribution in [-0.2, 0) is 9.59 Å². The zero-order valence-electron chi connectivity index (χ0n) is 10.8. The number of hydrogen-bond acceptors (Lipinski definition) is 4. The van der Waals surface area contributed by atoms with Gasteiger partial charge in [0.25, 0.3) is 5.91 Å². The van der Waals surface area contributed by atoms with Gasteiger partial charge in [0, 0.05) is 25.9 Å². The number of nitrogens with one attached hydrogen (secondary N) is 1. The zero-order valence-corrected chi connectivity index (χ0v) is 10.8. The standard InChI is InChI=1S/C12H18N4O2/c1-9(2)8-16(7-3-6-13)12(18)10-4-5-11(17)15-14-10/h9H,3-5,7-8H2,1-2H3,(H,15,17). The van der Waals surface area contributed by atoms with Crippen LogP contribution >= 0.6 is 0 Å².